The number of carbonyl (C=O) groups is 3. The van der Waals surface area contributed by atoms with Crippen LogP contribution < -0.4 is 0 Å². The van der Waals surface area contributed by atoms with E-state index in [4.69, 9.17) is 18.9 Å². The molecule has 4 N–H and O–H groups in total. The van der Waals surface area contributed by atoms with Gasteiger partial charge in [-0.1, -0.05) is 25.1 Å². The molecular formula is C31H40O11. The Morgan fingerprint density at radius 1 is 1.02 bits per heavy atom. The minimum Gasteiger partial charge on any atom is -0.461 e. The maximum atomic E-state index is 13.4. The second-order valence-corrected chi connectivity index (χ2v) is 13.0. The monoisotopic (exact) mass is 588 g/mol. The highest BCUT2D eigenvalue weighted by Gasteiger charge is 2.79. The lowest BCUT2D eigenvalue weighted by atomic mass is 9.49. The van der Waals surface area contributed by atoms with Crippen molar-refractivity contribution < 1.29 is 53.8 Å². The molecule has 4 aliphatic rings. The van der Waals surface area contributed by atoms with Gasteiger partial charge < -0.3 is 39.4 Å². The summed E-state index contributed by atoms with van der Waals surface area (Å²) < 4.78 is 24.1. The molecular weight excluding hydrogens is 548 g/mol. The second kappa shape index (κ2) is 10.1. The summed E-state index contributed by atoms with van der Waals surface area (Å²) in [6, 6.07) is 8.27. The Morgan fingerprint density at radius 2 is 1.67 bits per heavy atom. The highest BCUT2D eigenvalue weighted by molar-refractivity contribution is 5.89. The fourth-order valence-corrected chi connectivity index (χ4v) is 8.35. The Kier molecular flexibility index (Phi) is 7.38. The topological polar surface area (TPSA) is 169 Å². The molecule has 11 heteroatoms. The first kappa shape index (κ1) is 30.6. The summed E-state index contributed by atoms with van der Waals surface area (Å²) in [5.74, 6) is -3.22. The predicted octanol–water partition coefficient (Wildman–Crippen LogP) is 1.44. The molecule has 0 bridgehead atoms. The summed E-state index contributed by atoms with van der Waals surface area (Å²) in [5, 5.41) is 47.1. The average molecular weight is 589 g/mol. The molecule has 1 aromatic carbocycles. The molecule has 0 amide bonds. The van der Waals surface area contributed by atoms with Crippen LogP contribution in [0, 0.1) is 16.7 Å². The van der Waals surface area contributed by atoms with Gasteiger partial charge in [0.2, 0.25) is 0 Å². The molecule has 42 heavy (non-hydrogen) atoms. The van der Waals surface area contributed by atoms with E-state index in [2.05, 4.69) is 0 Å². The SMILES string of the molecule is CC(=O)O[C@H]1[C@@H]2[C@]3(OC(C)=O)CO[C@@H]3C[C@H](OC(=O)c3ccccc3)[C@@]2(C)[C@@H](O)[C@H](O)C2=C(C)[C@@H](O)C[C@]21C(C)(C)O. The lowest BCUT2D eigenvalue weighted by Crippen LogP contribution is -2.79. The molecule has 5 rings (SSSR count). The number of aliphatic hydroxyl groups excluding tert-OH is 3. The molecule has 2 saturated carbocycles. The lowest BCUT2D eigenvalue weighted by Gasteiger charge is -2.65. The van der Waals surface area contributed by atoms with Crippen LogP contribution in [0.25, 0.3) is 0 Å². The van der Waals surface area contributed by atoms with Crippen molar-refractivity contribution in [2.75, 3.05) is 6.61 Å². The van der Waals surface area contributed by atoms with Crippen LogP contribution >= 0.6 is 0 Å². The third kappa shape index (κ3) is 4.16. The van der Waals surface area contributed by atoms with E-state index < -0.39 is 82.5 Å². The van der Waals surface area contributed by atoms with E-state index in [-0.39, 0.29) is 30.6 Å². The molecule has 1 aromatic rings. The zero-order chi connectivity index (χ0) is 31.0. The van der Waals surface area contributed by atoms with Gasteiger partial charge in [0.25, 0.3) is 0 Å². The number of aliphatic hydroxyl groups is 4. The van der Waals surface area contributed by atoms with Crippen molar-refractivity contribution in [2.24, 2.45) is 16.7 Å². The summed E-state index contributed by atoms with van der Waals surface area (Å²) in [6.45, 7) is 8.47. The molecule has 0 unspecified atom stereocenters. The number of fused-ring (bicyclic) bond motifs is 4. The maximum Gasteiger partial charge on any atom is 0.338 e. The van der Waals surface area contributed by atoms with Crippen LogP contribution in [0.4, 0.5) is 0 Å². The van der Waals surface area contributed by atoms with Crippen molar-refractivity contribution in [2.45, 2.75) is 102 Å². The van der Waals surface area contributed by atoms with Crippen LogP contribution in [0.2, 0.25) is 0 Å². The normalized spacial score (nSPS) is 41.0. The number of carbonyl (C=O) groups excluding carboxylic acids is 3. The molecule has 11 nitrogen and oxygen atoms in total. The predicted molar refractivity (Wildman–Crippen MR) is 146 cm³/mol. The molecule has 0 spiro atoms. The number of hydrogen-bond donors (Lipinski definition) is 4. The number of hydrogen-bond acceptors (Lipinski definition) is 11. The third-order valence-electron chi connectivity index (χ3n) is 10.3. The minimum absolute atomic E-state index is 0.00555. The van der Waals surface area contributed by atoms with E-state index in [1.54, 1.807) is 44.2 Å². The number of benzene rings is 1. The van der Waals surface area contributed by atoms with Crippen molar-refractivity contribution in [1.29, 1.82) is 0 Å². The summed E-state index contributed by atoms with van der Waals surface area (Å²) in [4.78, 5) is 38.8. The molecule has 3 fully saturated rings. The summed E-state index contributed by atoms with van der Waals surface area (Å²) in [6.07, 6.45) is -7.94. The van der Waals surface area contributed by atoms with E-state index in [0.717, 1.165) is 0 Å². The van der Waals surface area contributed by atoms with Gasteiger partial charge in [0.15, 0.2) is 5.60 Å². The molecule has 1 aliphatic heterocycles. The van der Waals surface area contributed by atoms with Crippen LogP contribution in [-0.2, 0) is 28.5 Å². The van der Waals surface area contributed by atoms with Crippen LogP contribution in [0.3, 0.4) is 0 Å². The first-order valence-electron chi connectivity index (χ1n) is 14.2. The molecule has 10 atom stereocenters. The third-order valence-corrected chi connectivity index (χ3v) is 10.3. The molecule has 0 radical (unpaired) electrons. The summed E-state index contributed by atoms with van der Waals surface area (Å²) in [7, 11) is 0. The average Bonchev–Trinajstić information content (AvgIpc) is 3.15. The van der Waals surface area contributed by atoms with Gasteiger partial charge in [0.05, 0.1) is 41.3 Å². The fourth-order valence-electron chi connectivity index (χ4n) is 8.35. The van der Waals surface area contributed by atoms with E-state index in [9.17, 15) is 34.8 Å². The Morgan fingerprint density at radius 3 is 2.19 bits per heavy atom. The van der Waals surface area contributed by atoms with Crippen molar-refractivity contribution in [1.82, 2.24) is 0 Å². The Bertz CT molecular complexity index is 1300. The highest BCUT2D eigenvalue weighted by Crippen LogP contribution is 2.68. The number of ether oxygens (including phenoxy) is 4. The van der Waals surface area contributed by atoms with E-state index >= 15 is 0 Å². The zero-order valence-corrected chi connectivity index (χ0v) is 24.7. The van der Waals surface area contributed by atoms with Crippen molar-refractivity contribution >= 4 is 17.9 Å². The van der Waals surface area contributed by atoms with Gasteiger partial charge in [-0.3, -0.25) is 9.59 Å². The lowest BCUT2D eigenvalue weighted by molar-refractivity contribution is -0.351. The molecule has 0 aromatic heterocycles. The van der Waals surface area contributed by atoms with E-state index in [1.165, 1.54) is 27.7 Å². The van der Waals surface area contributed by atoms with Crippen LogP contribution in [0.15, 0.2) is 41.5 Å². The Labute approximate surface area is 244 Å². The van der Waals surface area contributed by atoms with Gasteiger partial charge in [0, 0.05) is 25.7 Å². The molecule has 3 aliphatic carbocycles. The first-order chi connectivity index (χ1) is 19.5. The number of rotatable bonds is 5. The number of esters is 3. The molecule has 1 saturated heterocycles. The molecule has 1 heterocycles. The van der Waals surface area contributed by atoms with Gasteiger partial charge in [-0.15, -0.1) is 0 Å². The van der Waals surface area contributed by atoms with Gasteiger partial charge in [-0.05, 0) is 50.5 Å². The van der Waals surface area contributed by atoms with Gasteiger partial charge in [0.1, 0.15) is 24.4 Å². The van der Waals surface area contributed by atoms with E-state index in [0.29, 0.717) is 5.57 Å². The van der Waals surface area contributed by atoms with Crippen molar-refractivity contribution in [3.05, 3.63) is 47.0 Å². The van der Waals surface area contributed by atoms with Crippen molar-refractivity contribution in [3.8, 4) is 0 Å². The van der Waals surface area contributed by atoms with Crippen LogP contribution in [-0.4, -0.2) is 92.8 Å². The largest absolute Gasteiger partial charge is 0.461 e. The van der Waals surface area contributed by atoms with E-state index in [1.807, 2.05) is 0 Å². The first-order valence-corrected chi connectivity index (χ1v) is 14.2. The maximum absolute atomic E-state index is 13.4. The van der Waals surface area contributed by atoms with Gasteiger partial charge >= 0.3 is 17.9 Å². The minimum atomic E-state index is -1.74. The van der Waals surface area contributed by atoms with Gasteiger partial charge in [-0.25, -0.2) is 4.79 Å². The van der Waals surface area contributed by atoms with Crippen LogP contribution in [0.1, 0.15) is 64.7 Å². The smallest absolute Gasteiger partial charge is 0.338 e. The Hall–Kier alpha value is -2.83. The second-order valence-electron chi connectivity index (χ2n) is 13.0. The standard InChI is InChI=1S/C31H40O11/c1-15-19(34)13-30(28(4,5)38)22(15)23(35)25(36)29(6)20(41-27(37)18-10-8-7-9-11-18)12-21-31(14-39-21,42-17(3)33)24(29)26(30)40-16(2)32/h7-11,19-21,23-26,34-36,38H,12-14H2,1-6H3/t19-,20-,21+,23+,24-,25-,26-,29+,30-,31-/m0/s1. The van der Waals surface area contributed by atoms with Crippen molar-refractivity contribution in [3.63, 3.8) is 0 Å². The highest BCUT2D eigenvalue weighted by atomic mass is 16.6. The molecule has 230 valence electrons. The fraction of sp³-hybridized carbons (Fsp3) is 0.645. The Balaban J connectivity index is 1.80. The van der Waals surface area contributed by atoms with Gasteiger partial charge in [-0.2, -0.15) is 0 Å². The quantitative estimate of drug-likeness (QED) is 0.223. The van der Waals surface area contributed by atoms with Crippen LogP contribution in [0.5, 0.6) is 0 Å². The zero-order valence-electron chi connectivity index (χ0n) is 24.7. The summed E-state index contributed by atoms with van der Waals surface area (Å²) in [5.41, 5.74) is -5.74. The summed E-state index contributed by atoms with van der Waals surface area (Å²) >= 11 is 0.